The summed E-state index contributed by atoms with van der Waals surface area (Å²) in [6, 6.07) is 9.56. The number of nitrogens with zero attached hydrogens (tertiary/aromatic N) is 3. The van der Waals surface area contributed by atoms with Crippen LogP contribution in [0.2, 0.25) is 0 Å². The molecule has 2 aromatic rings. The summed E-state index contributed by atoms with van der Waals surface area (Å²) in [5.74, 6) is 0.428. The fourth-order valence-electron chi connectivity index (χ4n) is 3.74. The first-order valence-electron chi connectivity index (χ1n) is 9.28. The number of amides is 2. The van der Waals surface area contributed by atoms with E-state index in [1.165, 1.54) is 11.1 Å². The molecule has 0 bridgehead atoms. The fourth-order valence-corrected chi connectivity index (χ4v) is 3.74. The Bertz CT molecular complexity index is 847. The van der Waals surface area contributed by atoms with Gasteiger partial charge >= 0.3 is 0 Å². The van der Waals surface area contributed by atoms with Crippen molar-refractivity contribution in [2.75, 3.05) is 26.3 Å². The summed E-state index contributed by atoms with van der Waals surface area (Å²) in [5.41, 5.74) is 2.78. The first-order valence-corrected chi connectivity index (χ1v) is 9.28. The number of carbonyl (C=O) groups excluding carboxylic acids is 2. The van der Waals surface area contributed by atoms with Gasteiger partial charge in [-0.15, -0.1) is 0 Å². The van der Waals surface area contributed by atoms with Crippen LogP contribution in [0.3, 0.4) is 0 Å². The first-order chi connectivity index (χ1) is 13.1. The fraction of sp³-hybridized carbons (Fsp3) is 0.450. The van der Waals surface area contributed by atoms with Crippen LogP contribution in [0.1, 0.15) is 33.8 Å². The van der Waals surface area contributed by atoms with Crippen LogP contribution in [0.15, 0.2) is 34.9 Å². The molecule has 7 heteroatoms. The van der Waals surface area contributed by atoms with Crippen molar-refractivity contribution in [1.82, 2.24) is 15.0 Å². The molecule has 3 heterocycles. The van der Waals surface area contributed by atoms with Gasteiger partial charge in [-0.3, -0.25) is 9.59 Å². The van der Waals surface area contributed by atoms with Gasteiger partial charge in [0.05, 0.1) is 19.3 Å². The van der Waals surface area contributed by atoms with E-state index in [9.17, 15) is 9.59 Å². The van der Waals surface area contributed by atoms with Crippen molar-refractivity contribution in [3.8, 4) is 0 Å². The molecule has 0 N–H and O–H groups in total. The molecule has 0 aliphatic carbocycles. The summed E-state index contributed by atoms with van der Waals surface area (Å²) < 4.78 is 10.6. The van der Waals surface area contributed by atoms with Gasteiger partial charge in [0.25, 0.3) is 5.91 Å². The zero-order valence-electron chi connectivity index (χ0n) is 15.4. The van der Waals surface area contributed by atoms with Crippen LogP contribution >= 0.6 is 0 Å². The van der Waals surface area contributed by atoms with E-state index in [0.717, 1.165) is 6.42 Å². The molecule has 0 radical (unpaired) electrons. The van der Waals surface area contributed by atoms with E-state index in [1.54, 1.807) is 17.9 Å². The maximum Gasteiger partial charge on any atom is 0.276 e. The monoisotopic (exact) mass is 369 g/mol. The Morgan fingerprint density at radius 3 is 2.81 bits per heavy atom. The van der Waals surface area contributed by atoms with E-state index in [1.807, 2.05) is 17.0 Å². The molecular formula is C20H23N3O4. The van der Waals surface area contributed by atoms with Crippen molar-refractivity contribution in [2.45, 2.75) is 32.4 Å². The minimum absolute atomic E-state index is 0.0501. The summed E-state index contributed by atoms with van der Waals surface area (Å²) in [6.07, 6.45) is 1.12. The predicted octanol–water partition coefficient (Wildman–Crippen LogP) is 1.80. The molecule has 2 aliphatic rings. The minimum Gasteiger partial charge on any atom is -0.377 e. The van der Waals surface area contributed by atoms with Gasteiger partial charge in [-0.2, -0.15) is 0 Å². The molecule has 2 amide bonds. The van der Waals surface area contributed by atoms with Crippen LogP contribution in [-0.2, 0) is 22.5 Å². The highest BCUT2D eigenvalue weighted by Gasteiger charge is 2.33. The normalized spacial score (nSPS) is 19.7. The van der Waals surface area contributed by atoms with E-state index >= 15 is 0 Å². The number of rotatable bonds is 3. The molecule has 4 rings (SSSR count). The number of carbonyl (C=O) groups is 2. The van der Waals surface area contributed by atoms with Crippen LogP contribution < -0.4 is 0 Å². The Morgan fingerprint density at radius 2 is 2.04 bits per heavy atom. The Hall–Kier alpha value is -2.67. The summed E-state index contributed by atoms with van der Waals surface area (Å²) in [7, 11) is 0. The smallest absolute Gasteiger partial charge is 0.276 e. The maximum atomic E-state index is 12.9. The summed E-state index contributed by atoms with van der Waals surface area (Å²) in [4.78, 5) is 29.2. The van der Waals surface area contributed by atoms with Gasteiger partial charge in [-0.1, -0.05) is 29.4 Å². The average Bonchev–Trinajstić information content (AvgIpc) is 3.14. The van der Waals surface area contributed by atoms with Crippen molar-refractivity contribution in [1.29, 1.82) is 0 Å². The number of ether oxygens (including phenoxy) is 1. The highest BCUT2D eigenvalue weighted by Crippen LogP contribution is 2.21. The van der Waals surface area contributed by atoms with Gasteiger partial charge in [0, 0.05) is 32.1 Å². The van der Waals surface area contributed by atoms with Crippen LogP contribution in [0.25, 0.3) is 0 Å². The van der Waals surface area contributed by atoms with E-state index in [2.05, 4.69) is 17.3 Å². The lowest BCUT2D eigenvalue weighted by atomic mass is 9.99. The molecule has 1 aromatic carbocycles. The Morgan fingerprint density at radius 1 is 1.22 bits per heavy atom. The molecule has 27 heavy (non-hydrogen) atoms. The quantitative estimate of drug-likeness (QED) is 0.825. The van der Waals surface area contributed by atoms with Gasteiger partial charge in [-0.05, 0) is 24.5 Å². The number of morpholine rings is 1. The molecule has 1 aromatic heterocycles. The zero-order valence-corrected chi connectivity index (χ0v) is 15.4. The molecule has 1 fully saturated rings. The highest BCUT2D eigenvalue weighted by atomic mass is 16.5. The Labute approximate surface area is 157 Å². The number of hydrogen-bond acceptors (Lipinski definition) is 5. The number of benzene rings is 1. The number of aryl methyl sites for hydroxylation is 1. The number of fused-ring (bicyclic) bond motifs is 1. The van der Waals surface area contributed by atoms with Crippen molar-refractivity contribution < 1.29 is 18.8 Å². The Kier molecular flexibility index (Phi) is 4.94. The largest absolute Gasteiger partial charge is 0.377 e. The first kappa shape index (κ1) is 17.7. The molecule has 142 valence electrons. The lowest BCUT2D eigenvalue weighted by molar-refractivity contribution is -0.134. The van der Waals surface area contributed by atoms with Crippen molar-refractivity contribution in [3.63, 3.8) is 0 Å². The molecule has 0 saturated carbocycles. The molecule has 0 unspecified atom stereocenters. The Balaban J connectivity index is 1.44. The molecule has 1 atom stereocenters. The standard InChI is InChI=1S/C20H23N3O4/c1-14-10-18(21-27-14)20(25)23-8-9-26-13-17(23)11-19(24)22-7-6-15-4-2-3-5-16(15)12-22/h2-5,10,17H,6-9,11-13H2,1H3/t17-/m0/s1. The van der Waals surface area contributed by atoms with Crippen LogP contribution in [0.4, 0.5) is 0 Å². The van der Waals surface area contributed by atoms with E-state index in [0.29, 0.717) is 38.6 Å². The third kappa shape index (κ3) is 3.73. The average molecular weight is 369 g/mol. The maximum absolute atomic E-state index is 12.9. The topological polar surface area (TPSA) is 75.9 Å². The lowest BCUT2D eigenvalue weighted by Gasteiger charge is -2.36. The second kappa shape index (κ2) is 7.52. The van der Waals surface area contributed by atoms with Crippen molar-refractivity contribution in [2.24, 2.45) is 0 Å². The minimum atomic E-state index is -0.284. The SMILES string of the molecule is Cc1cc(C(=O)N2CCOC[C@@H]2CC(=O)N2CCc3ccccc3C2)no1. The molecule has 1 saturated heterocycles. The predicted molar refractivity (Wildman–Crippen MR) is 97.1 cm³/mol. The van der Waals surface area contributed by atoms with E-state index < -0.39 is 0 Å². The van der Waals surface area contributed by atoms with Crippen LogP contribution in [0.5, 0.6) is 0 Å². The summed E-state index contributed by atoms with van der Waals surface area (Å²) >= 11 is 0. The second-order valence-electron chi connectivity index (χ2n) is 7.09. The summed E-state index contributed by atoms with van der Waals surface area (Å²) in [5, 5.41) is 3.82. The van der Waals surface area contributed by atoms with Crippen LogP contribution in [-0.4, -0.2) is 59.1 Å². The van der Waals surface area contributed by atoms with Gasteiger partial charge in [0.15, 0.2) is 5.69 Å². The van der Waals surface area contributed by atoms with Gasteiger partial charge in [0.1, 0.15) is 5.76 Å². The zero-order chi connectivity index (χ0) is 18.8. The molecule has 2 aliphatic heterocycles. The van der Waals surface area contributed by atoms with Gasteiger partial charge in [-0.25, -0.2) is 0 Å². The third-order valence-corrected chi connectivity index (χ3v) is 5.23. The lowest BCUT2D eigenvalue weighted by Crippen LogP contribution is -2.51. The van der Waals surface area contributed by atoms with E-state index in [-0.39, 0.29) is 30.0 Å². The molecule has 0 spiro atoms. The van der Waals surface area contributed by atoms with Gasteiger partial charge < -0.3 is 19.1 Å². The van der Waals surface area contributed by atoms with Gasteiger partial charge in [0.2, 0.25) is 5.91 Å². The third-order valence-electron chi connectivity index (χ3n) is 5.23. The molecule has 7 nitrogen and oxygen atoms in total. The second-order valence-corrected chi connectivity index (χ2v) is 7.09. The molecular weight excluding hydrogens is 346 g/mol. The van der Waals surface area contributed by atoms with Crippen LogP contribution in [0, 0.1) is 6.92 Å². The van der Waals surface area contributed by atoms with Crippen molar-refractivity contribution in [3.05, 3.63) is 52.9 Å². The van der Waals surface area contributed by atoms with E-state index in [4.69, 9.17) is 9.26 Å². The summed E-state index contributed by atoms with van der Waals surface area (Å²) in [6.45, 7) is 4.35. The number of hydrogen-bond donors (Lipinski definition) is 0. The van der Waals surface area contributed by atoms with Crippen molar-refractivity contribution >= 4 is 11.8 Å². The highest BCUT2D eigenvalue weighted by molar-refractivity contribution is 5.93. The number of aromatic nitrogens is 1.